The van der Waals surface area contributed by atoms with Gasteiger partial charge in [0, 0.05) is 33.2 Å². The summed E-state index contributed by atoms with van der Waals surface area (Å²) in [6, 6.07) is 0. The topological polar surface area (TPSA) is 38.8 Å². The van der Waals surface area contributed by atoms with E-state index in [0.29, 0.717) is 6.54 Å². The summed E-state index contributed by atoms with van der Waals surface area (Å²) in [6.07, 6.45) is 4.09. The van der Waals surface area contributed by atoms with Gasteiger partial charge in [-0.25, -0.2) is 0 Å². The Hall–Kier alpha value is -0.320. The molecule has 0 aliphatic carbocycles. The minimum absolute atomic E-state index is 0.00822. The first-order valence-electron chi connectivity index (χ1n) is 6.19. The summed E-state index contributed by atoms with van der Waals surface area (Å²) in [6.45, 7) is 2.19. The molecule has 4 nitrogen and oxygen atoms in total. The highest BCUT2D eigenvalue weighted by Crippen LogP contribution is 2.34. The van der Waals surface area contributed by atoms with Crippen LogP contribution in [0.3, 0.4) is 0 Å². The van der Waals surface area contributed by atoms with Gasteiger partial charge in [0.1, 0.15) is 5.88 Å². The Morgan fingerprint density at radius 2 is 2.47 bits per heavy atom. The lowest BCUT2D eigenvalue weighted by Crippen LogP contribution is -2.55. The highest BCUT2D eigenvalue weighted by atomic mass is 35.5. The van der Waals surface area contributed by atoms with Gasteiger partial charge in [-0.15, -0.1) is 11.6 Å². The largest absolute Gasteiger partial charge is 0.381 e. The van der Waals surface area contributed by atoms with Gasteiger partial charge >= 0.3 is 0 Å². The van der Waals surface area contributed by atoms with E-state index in [1.165, 1.54) is 0 Å². The molecule has 0 radical (unpaired) electrons. The Labute approximate surface area is 107 Å². The van der Waals surface area contributed by atoms with E-state index in [9.17, 15) is 4.79 Å². The van der Waals surface area contributed by atoms with E-state index < -0.39 is 0 Å². The molecule has 1 amide bonds. The lowest BCUT2D eigenvalue weighted by atomic mass is 9.84. The molecule has 2 fully saturated rings. The number of amides is 1. The molecule has 2 heterocycles. The molecule has 0 saturated carbocycles. The van der Waals surface area contributed by atoms with Crippen LogP contribution < -0.4 is 0 Å². The number of likely N-dealkylation sites (tertiary alicyclic amines) is 1. The number of alkyl halides is 1. The van der Waals surface area contributed by atoms with Crippen molar-refractivity contribution in [3.05, 3.63) is 0 Å². The summed E-state index contributed by atoms with van der Waals surface area (Å²) in [5.41, 5.74) is -0.196. The Morgan fingerprint density at radius 1 is 1.65 bits per heavy atom. The number of halogens is 1. The molecule has 2 aliphatic heterocycles. The molecular formula is C12H20ClNO3. The van der Waals surface area contributed by atoms with Gasteiger partial charge in [0.2, 0.25) is 5.91 Å². The van der Waals surface area contributed by atoms with Crippen molar-refractivity contribution in [1.82, 2.24) is 4.90 Å². The zero-order valence-electron chi connectivity index (χ0n) is 10.3. The van der Waals surface area contributed by atoms with Gasteiger partial charge < -0.3 is 14.4 Å². The summed E-state index contributed by atoms with van der Waals surface area (Å²) in [5.74, 6) is 0.0675. The van der Waals surface area contributed by atoms with Crippen LogP contribution in [-0.2, 0) is 14.3 Å². The van der Waals surface area contributed by atoms with Crippen LogP contribution in [-0.4, -0.2) is 55.2 Å². The van der Waals surface area contributed by atoms with Crippen molar-refractivity contribution in [1.29, 1.82) is 0 Å². The monoisotopic (exact) mass is 261 g/mol. The molecule has 17 heavy (non-hydrogen) atoms. The van der Waals surface area contributed by atoms with Crippen molar-refractivity contribution in [3.8, 4) is 0 Å². The maximum absolute atomic E-state index is 11.7. The lowest BCUT2D eigenvalue weighted by molar-refractivity contribution is -0.162. The predicted molar refractivity (Wildman–Crippen MR) is 65.2 cm³/mol. The predicted octanol–water partition coefficient (Wildman–Crippen LogP) is 1.41. The van der Waals surface area contributed by atoms with Gasteiger partial charge in [-0.2, -0.15) is 0 Å². The number of nitrogens with zero attached hydrogens (tertiary/aromatic N) is 1. The second kappa shape index (κ2) is 5.55. The Kier molecular flexibility index (Phi) is 4.28. The third kappa shape index (κ3) is 2.92. The van der Waals surface area contributed by atoms with E-state index in [1.54, 1.807) is 7.11 Å². The van der Waals surface area contributed by atoms with Crippen LogP contribution in [0.2, 0.25) is 0 Å². The molecule has 0 N–H and O–H groups in total. The number of hydrogen-bond donors (Lipinski definition) is 0. The van der Waals surface area contributed by atoms with Crippen LogP contribution in [0.15, 0.2) is 0 Å². The number of carbonyl (C=O) groups excluding carboxylic acids is 1. The smallest absolute Gasteiger partial charge is 0.237 e. The van der Waals surface area contributed by atoms with E-state index in [1.807, 2.05) is 4.90 Å². The summed E-state index contributed by atoms with van der Waals surface area (Å²) < 4.78 is 11.4. The van der Waals surface area contributed by atoms with E-state index in [4.69, 9.17) is 21.1 Å². The summed E-state index contributed by atoms with van der Waals surface area (Å²) in [4.78, 5) is 13.5. The second-order valence-electron chi connectivity index (χ2n) is 4.93. The number of rotatable bonds is 2. The van der Waals surface area contributed by atoms with Gasteiger partial charge in [0.15, 0.2) is 0 Å². The normalized spacial score (nSPS) is 34.0. The van der Waals surface area contributed by atoms with Crippen LogP contribution in [0.5, 0.6) is 0 Å². The molecule has 2 rings (SSSR count). The van der Waals surface area contributed by atoms with Crippen molar-refractivity contribution in [3.63, 3.8) is 0 Å². The number of carbonyl (C=O) groups is 1. The van der Waals surface area contributed by atoms with Gasteiger partial charge in [-0.3, -0.25) is 4.79 Å². The number of piperidine rings is 1. The number of hydrogen-bond acceptors (Lipinski definition) is 3. The molecule has 2 saturated heterocycles. The average Bonchev–Trinajstić information content (AvgIpc) is 2.38. The van der Waals surface area contributed by atoms with Gasteiger partial charge in [-0.1, -0.05) is 0 Å². The Morgan fingerprint density at radius 3 is 3.18 bits per heavy atom. The first-order valence-corrected chi connectivity index (χ1v) is 6.73. The molecule has 0 aromatic rings. The molecule has 2 aliphatic rings. The van der Waals surface area contributed by atoms with Crippen molar-refractivity contribution >= 4 is 17.5 Å². The van der Waals surface area contributed by atoms with Gasteiger partial charge in [-0.05, 0) is 19.3 Å². The van der Waals surface area contributed by atoms with Crippen LogP contribution in [0.4, 0.5) is 0 Å². The standard InChI is InChI=1S/C12H20ClNO3/c1-16-10-3-6-17-12(7-10)4-2-5-14(9-12)11(15)8-13/h10H,2-9H2,1H3/t10-,12-/m0/s1. The first kappa shape index (κ1) is 13.1. The minimum Gasteiger partial charge on any atom is -0.381 e. The zero-order valence-corrected chi connectivity index (χ0v) is 11.0. The van der Waals surface area contributed by atoms with Crippen LogP contribution in [0, 0.1) is 0 Å². The van der Waals surface area contributed by atoms with Crippen molar-refractivity contribution in [2.75, 3.05) is 32.7 Å². The van der Waals surface area contributed by atoms with Crippen molar-refractivity contribution in [2.24, 2.45) is 0 Å². The van der Waals surface area contributed by atoms with Crippen molar-refractivity contribution in [2.45, 2.75) is 37.4 Å². The van der Waals surface area contributed by atoms with Crippen LogP contribution in [0.1, 0.15) is 25.7 Å². The van der Waals surface area contributed by atoms with Gasteiger partial charge in [0.25, 0.3) is 0 Å². The molecule has 0 aromatic heterocycles. The molecule has 1 spiro atoms. The Bertz CT molecular complexity index is 283. The van der Waals surface area contributed by atoms with E-state index in [-0.39, 0.29) is 23.5 Å². The highest BCUT2D eigenvalue weighted by Gasteiger charge is 2.42. The lowest BCUT2D eigenvalue weighted by Gasteiger charge is -2.46. The quantitative estimate of drug-likeness (QED) is 0.706. The second-order valence-corrected chi connectivity index (χ2v) is 5.20. The van der Waals surface area contributed by atoms with E-state index in [2.05, 4.69) is 0 Å². The fraction of sp³-hybridized carbons (Fsp3) is 0.917. The molecule has 98 valence electrons. The molecule has 0 aromatic carbocycles. The SMILES string of the molecule is CO[C@H]1CCO[C@@]2(CCCN(C(=O)CCl)C2)C1. The van der Waals surface area contributed by atoms with E-state index >= 15 is 0 Å². The molecule has 0 bridgehead atoms. The Balaban J connectivity index is 2.01. The minimum atomic E-state index is -0.196. The maximum atomic E-state index is 11.7. The zero-order chi connectivity index (χ0) is 12.3. The third-order valence-electron chi connectivity index (χ3n) is 3.79. The molecular weight excluding hydrogens is 242 g/mol. The van der Waals surface area contributed by atoms with Crippen molar-refractivity contribution < 1.29 is 14.3 Å². The first-order chi connectivity index (χ1) is 8.19. The fourth-order valence-electron chi connectivity index (χ4n) is 2.86. The number of methoxy groups -OCH3 is 1. The van der Waals surface area contributed by atoms with Crippen LogP contribution >= 0.6 is 11.6 Å². The summed E-state index contributed by atoms with van der Waals surface area (Å²) in [5, 5.41) is 0. The third-order valence-corrected chi connectivity index (χ3v) is 4.02. The maximum Gasteiger partial charge on any atom is 0.237 e. The molecule has 2 atom stereocenters. The average molecular weight is 262 g/mol. The van der Waals surface area contributed by atoms with E-state index in [0.717, 1.165) is 38.8 Å². The number of ether oxygens (including phenoxy) is 2. The summed E-state index contributed by atoms with van der Waals surface area (Å²) >= 11 is 5.61. The molecule has 0 unspecified atom stereocenters. The van der Waals surface area contributed by atoms with Gasteiger partial charge in [0.05, 0.1) is 11.7 Å². The summed E-state index contributed by atoms with van der Waals surface area (Å²) in [7, 11) is 1.74. The highest BCUT2D eigenvalue weighted by molar-refractivity contribution is 6.27. The fourth-order valence-corrected chi connectivity index (χ4v) is 3.03. The van der Waals surface area contributed by atoms with Crippen LogP contribution in [0.25, 0.3) is 0 Å². The molecule has 5 heteroatoms.